The number of allylic oxidation sites excluding steroid dienone is 1. The van der Waals surface area contributed by atoms with Crippen LogP contribution < -0.4 is 8.92 Å². The second-order valence-electron chi connectivity index (χ2n) is 6.54. The van der Waals surface area contributed by atoms with Crippen LogP contribution in [-0.2, 0) is 10.1 Å². The zero-order chi connectivity index (χ0) is 22.7. The minimum absolute atomic E-state index is 0.00954. The largest absolute Gasteiger partial charge is 0.493 e. The molecule has 0 unspecified atom stereocenters. The number of halogens is 1. The molecule has 3 aromatic carbocycles. The van der Waals surface area contributed by atoms with E-state index in [0.717, 1.165) is 10.2 Å². The van der Waals surface area contributed by atoms with Crippen LogP contribution >= 0.6 is 22.9 Å². The molecule has 0 aliphatic carbocycles. The van der Waals surface area contributed by atoms with Gasteiger partial charge in [-0.15, -0.1) is 11.3 Å². The van der Waals surface area contributed by atoms with Gasteiger partial charge in [0.05, 0.1) is 27.9 Å². The van der Waals surface area contributed by atoms with Crippen molar-refractivity contribution in [2.45, 2.75) is 4.90 Å². The highest BCUT2D eigenvalue weighted by molar-refractivity contribution is 7.87. The molecule has 0 spiro atoms. The number of benzene rings is 3. The number of fused-ring (bicyclic) bond motifs is 1. The average molecular weight is 483 g/mol. The van der Waals surface area contributed by atoms with Gasteiger partial charge in [0.15, 0.2) is 5.75 Å². The number of thiazole rings is 1. The quantitative estimate of drug-likeness (QED) is 0.255. The van der Waals surface area contributed by atoms with Gasteiger partial charge in [-0.1, -0.05) is 41.9 Å². The fraction of sp³-hybridized carbons (Fsp3) is 0.0435. The first-order valence-electron chi connectivity index (χ1n) is 9.26. The summed E-state index contributed by atoms with van der Waals surface area (Å²) in [7, 11) is -2.73. The summed E-state index contributed by atoms with van der Waals surface area (Å²) in [6.07, 6.45) is 1.61. The zero-order valence-corrected chi connectivity index (χ0v) is 19.0. The number of methoxy groups -OCH3 is 1. The molecule has 4 rings (SSSR count). The fourth-order valence-electron chi connectivity index (χ4n) is 2.94. The summed E-state index contributed by atoms with van der Waals surface area (Å²) in [6.45, 7) is 0. The molecule has 32 heavy (non-hydrogen) atoms. The Labute approximate surface area is 194 Å². The summed E-state index contributed by atoms with van der Waals surface area (Å²) in [6, 6.07) is 20.5. The normalized spacial score (nSPS) is 11.8. The van der Waals surface area contributed by atoms with Crippen molar-refractivity contribution in [3.63, 3.8) is 0 Å². The lowest BCUT2D eigenvalue weighted by atomic mass is 10.1. The molecule has 9 heteroatoms. The molecule has 0 amide bonds. The number of nitriles is 1. The molecule has 0 fully saturated rings. The van der Waals surface area contributed by atoms with E-state index in [4.69, 9.17) is 20.5 Å². The van der Waals surface area contributed by atoms with Crippen LogP contribution in [0.15, 0.2) is 71.6 Å². The van der Waals surface area contributed by atoms with Crippen molar-refractivity contribution in [2.75, 3.05) is 7.11 Å². The molecule has 6 nitrogen and oxygen atoms in total. The van der Waals surface area contributed by atoms with Crippen molar-refractivity contribution in [2.24, 2.45) is 0 Å². The van der Waals surface area contributed by atoms with Gasteiger partial charge in [0.1, 0.15) is 16.0 Å². The number of nitrogens with zero attached hydrogens (tertiary/aromatic N) is 2. The third kappa shape index (κ3) is 4.46. The van der Waals surface area contributed by atoms with Crippen molar-refractivity contribution in [3.8, 4) is 17.6 Å². The van der Waals surface area contributed by atoms with E-state index in [2.05, 4.69) is 11.1 Å². The number of rotatable bonds is 6. The second-order valence-corrected chi connectivity index (χ2v) is 9.53. The van der Waals surface area contributed by atoms with E-state index >= 15 is 0 Å². The van der Waals surface area contributed by atoms with Crippen LogP contribution in [0, 0.1) is 11.3 Å². The van der Waals surface area contributed by atoms with Crippen molar-refractivity contribution in [1.82, 2.24) is 4.98 Å². The first-order chi connectivity index (χ1) is 15.4. The van der Waals surface area contributed by atoms with Gasteiger partial charge in [0.25, 0.3) is 0 Å². The average Bonchev–Trinajstić information content (AvgIpc) is 3.23. The molecule has 0 atom stereocenters. The lowest BCUT2D eigenvalue weighted by Crippen LogP contribution is -2.10. The Morgan fingerprint density at radius 2 is 1.84 bits per heavy atom. The maximum Gasteiger partial charge on any atom is 0.339 e. The second kappa shape index (κ2) is 9.01. The van der Waals surface area contributed by atoms with E-state index in [1.807, 2.05) is 24.3 Å². The van der Waals surface area contributed by atoms with Crippen LogP contribution in [0.3, 0.4) is 0 Å². The number of para-hydroxylation sites is 1. The molecule has 0 saturated heterocycles. The van der Waals surface area contributed by atoms with E-state index in [1.54, 1.807) is 30.3 Å². The molecule has 4 aromatic rings. The molecule has 0 bridgehead atoms. The zero-order valence-electron chi connectivity index (χ0n) is 16.7. The van der Waals surface area contributed by atoms with E-state index < -0.39 is 10.1 Å². The lowest BCUT2D eigenvalue weighted by molar-refractivity contribution is 0.390. The Morgan fingerprint density at radius 3 is 2.53 bits per heavy atom. The van der Waals surface area contributed by atoms with Crippen LogP contribution in [0.4, 0.5) is 0 Å². The maximum atomic E-state index is 12.6. The molecule has 0 aliphatic rings. The topological polar surface area (TPSA) is 89.3 Å². The van der Waals surface area contributed by atoms with Gasteiger partial charge in [0.2, 0.25) is 5.75 Å². The van der Waals surface area contributed by atoms with Crippen LogP contribution in [0.2, 0.25) is 5.02 Å². The van der Waals surface area contributed by atoms with Gasteiger partial charge < -0.3 is 8.92 Å². The predicted octanol–water partition coefficient (Wildman–Crippen LogP) is 5.79. The maximum absolute atomic E-state index is 12.6. The first kappa shape index (κ1) is 21.8. The summed E-state index contributed by atoms with van der Waals surface area (Å²) in [5.74, 6) is -0.0153. The predicted molar refractivity (Wildman–Crippen MR) is 125 cm³/mol. The Balaban J connectivity index is 1.72. The Bertz CT molecular complexity index is 1440. The van der Waals surface area contributed by atoms with Crippen LogP contribution in [-0.4, -0.2) is 20.5 Å². The summed E-state index contributed by atoms with van der Waals surface area (Å²) in [5.41, 5.74) is 1.68. The molecule has 0 aliphatic heterocycles. The van der Waals surface area contributed by atoms with Gasteiger partial charge in [-0.05, 0) is 48.0 Å². The minimum Gasteiger partial charge on any atom is -0.493 e. The molecular formula is C23H15ClN2O4S2. The van der Waals surface area contributed by atoms with E-state index in [1.165, 1.54) is 36.6 Å². The van der Waals surface area contributed by atoms with Crippen LogP contribution in [0.5, 0.6) is 11.5 Å². The standard InChI is InChI=1S/C23H15ClN2O4S2/c1-29-20-13-15(11-16(14-25)23-26-19-9-5-6-10-21(19)31-23)12-18(24)22(20)30-32(27,28)17-7-3-2-4-8-17/h2-13H,1H3. The highest BCUT2D eigenvalue weighted by Gasteiger charge is 2.22. The SMILES string of the molecule is COc1cc(C=C(C#N)c2nc3ccccc3s2)cc(Cl)c1OS(=O)(=O)c1ccccc1. The molecule has 1 aromatic heterocycles. The highest BCUT2D eigenvalue weighted by Crippen LogP contribution is 2.39. The monoisotopic (exact) mass is 482 g/mol. The minimum atomic E-state index is -4.11. The third-order valence-electron chi connectivity index (χ3n) is 4.43. The van der Waals surface area contributed by atoms with Crippen molar-refractivity contribution in [3.05, 3.63) is 82.3 Å². The Kier molecular flexibility index (Phi) is 6.15. The van der Waals surface area contributed by atoms with E-state index in [-0.39, 0.29) is 21.4 Å². The summed E-state index contributed by atoms with van der Waals surface area (Å²) in [5, 5.41) is 10.3. The van der Waals surface area contributed by atoms with Crippen molar-refractivity contribution in [1.29, 1.82) is 5.26 Å². The molecule has 0 saturated carbocycles. The molecule has 1 heterocycles. The molecule has 0 radical (unpaired) electrons. The molecule has 0 N–H and O–H groups in total. The highest BCUT2D eigenvalue weighted by atomic mass is 35.5. The summed E-state index contributed by atoms with van der Waals surface area (Å²) < 4.78 is 36.8. The Hall–Kier alpha value is -3.38. The molecule has 160 valence electrons. The van der Waals surface area contributed by atoms with Crippen molar-refractivity contribution >= 4 is 54.9 Å². The summed E-state index contributed by atoms with van der Waals surface area (Å²) >= 11 is 7.75. The number of hydrogen-bond donors (Lipinski definition) is 0. The number of hydrogen-bond acceptors (Lipinski definition) is 7. The Morgan fingerprint density at radius 1 is 1.12 bits per heavy atom. The van der Waals surface area contributed by atoms with Crippen molar-refractivity contribution < 1.29 is 17.3 Å². The van der Waals surface area contributed by atoms with E-state index in [9.17, 15) is 13.7 Å². The molecular weight excluding hydrogens is 468 g/mol. The smallest absolute Gasteiger partial charge is 0.339 e. The fourth-order valence-corrected chi connectivity index (χ4v) is 5.16. The first-order valence-corrected chi connectivity index (χ1v) is 11.9. The van der Waals surface area contributed by atoms with Gasteiger partial charge in [0, 0.05) is 0 Å². The number of aromatic nitrogens is 1. The third-order valence-corrected chi connectivity index (χ3v) is 7.02. The van der Waals surface area contributed by atoms with Gasteiger partial charge in [-0.3, -0.25) is 0 Å². The number of ether oxygens (including phenoxy) is 1. The summed E-state index contributed by atoms with van der Waals surface area (Å²) in [4.78, 5) is 4.49. The van der Waals surface area contributed by atoms with Gasteiger partial charge in [-0.25, -0.2) is 4.98 Å². The lowest BCUT2D eigenvalue weighted by Gasteiger charge is -2.13. The van der Waals surface area contributed by atoms with Crippen LogP contribution in [0.25, 0.3) is 21.9 Å². The van der Waals surface area contributed by atoms with Crippen LogP contribution in [0.1, 0.15) is 10.6 Å². The van der Waals surface area contributed by atoms with Gasteiger partial charge >= 0.3 is 10.1 Å². The van der Waals surface area contributed by atoms with Gasteiger partial charge in [-0.2, -0.15) is 13.7 Å². The van der Waals surface area contributed by atoms with E-state index in [0.29, 0.717) is 16.1 Å².